The van der Waals surface area contributed by atoms with Crippen LogP contribution < -0.4 is 0 Å². The maximum absolute atomic E-state index is 2.62. The summed E-state index contributed by atoms with van der Waals surface area (Å²) in [5.41, 5.74) is 0.656. The second kappa shape index (κ2) is 10.4. The molecule has 0 aromatic rings. The van der Waals surface area contributed by atoms with E-state index >= 15 is 0 Å². The Balaban J connectivity index is 1.81. The van der Waals surface area contributed by atoms with Crippen LogP contribution in [0.3, 0.4) is 0 Å². The summed E-state index contributed by atoms with van der Waals surface area (Å²) >= 11 is 0. The van der Waals surface area contributed by atoms with E-state index < -0.39 is 0 Å². The summed E-state index contributed by atoms with van der Waals surface area (Å²) in [5, 5.41) is 0. The van der Waals surface area contributed by atoms with Crippen molar-refractivity contribution < 1.29 is 0 Å². The quantitative estimate of drug-likeness (QED) is 0.232. The van der Waals surface area contributed by atoms with Gasteiger partial charge in [0.2, 0.25) is 0 Å². The highest BCUT2D eigenvalue weighted by molar-refractivity contribution is 6.60. The highest BCUT2D eigenvalue weighted by Gasteiger charge is 2.57. The third-order valence-electron chi connectivity index (χ3n) is 8.38. The van der Waals surface area contributed by atoms with E-state index in [0.717, 1.165) is 30.3 Å². The first-order valence-corrected chi connectivity index (χ1v) is 12.0. The lowest BCUT2D eigenvalue weighted by Gasteiger charge is -2.63. The van der Waals surface area contributed by atoms with E-state index in [-0.39, 0.29) is 0 Å². The van der Waals surface area contributed by atoms with Crippen molar-refractivity contribution in [1.82, 2.24) is 0 Å². The molecule has 3 rings (SSSR count). The van der Waals surface area contributed by atoms with Crippen LogP contribution >= 0.6 is 0 Å². The first kappa shape index (κ1) is 21.4. The monoisotopic (exact) mass is 346 g/mol. The number of hydrogen-bond donors (Lipinski definition) is 0. The van der Waals surface area contributed by atoms with E-state index in [4.69, 9.17) is 0 Å². The van der Waals surface area contributed by atoms with E-state index in [1.807, 2.05) is 0 Å². The predicted molar refractivity (Wildman–Crippen MR) is 116 cm³/mol. The molecule has 1 heteroatoms. The molecule has 0 N–H and O–H groups in total. The molecule has 0 spiro atoms. The summed E-state index contributed by atoms with van der Waals surface area (Å²) in [7, 11) is 0. The Morgan fingerprint density at radius 1 is 0.760 bits per heavy atom. The van der Waals surface area contributed by atoms with Gasteiger partial charge in [-0.05, 0) is 29.6 Å². The molecule has 0 aromatic heterocycles. The zero-order valence-corrected chi connectivity index (χ0v) is 18.3. The summed E-state index contributed by atoms with van der Waals surface area (Å²) in [6.45, 7) is 13.4. The number of rotatable bonds is 13. The van der Waals surface area contributed by atoms with Gasteiger partial charge in [0, 0.05) is 0 Å². The molecule has 2 bridgehead atoms. The van der Waals surface area contributed by atoms with Crippen LogP contribution in [0, 0.1) is 23.2 Å². The fourth-order valence-electron chi connectivity index (χ4n) is 6.40. The van der Waals surface area contributed by atoms with Crippen molar-refractivity contribution in [3.8, 4) is 0 Å². The Bertz CT molecular complexity index is 361. The van der Waals surface area contributed by atoms with E-state index in [9.17, 15) is 0 Å². The molecule has 0 aliphatic heterocycles. The van der Waals surface area contributed by atoms with Crippen LogP contribution in [0.1, 0.15) is 112 Å². The summed E-state index contributed by atoms with van der Waals surface area (Å²) < 4.78 is 0. The van der Waals surface area contributed by atoms with Crippen molar-refractivity contribution in [2.45, 2.75) is 130 Å². The Morgan fingerprint density at radius 3 is 1.80 bits per heavy atom. The fraction of sp³-hybridized carbons (Fsp3) is 1.00. The fourth-order valence-corrected chi connectivity index (χ4v) is 6.40. The minimum atomic E-state index is 0.656. The van der Waals surface area contributed by atoms with Crippen LogP contribution in [0.2, 0.25) is 18.5 Å². The molecule has 3 aliphatic rings. The maximum atomic E-state index is 2.62. The van der Waals surface area contributed by atoms with Gasteiger partial charge in [-0.3, -0.25) is 0 Å². The minimum Gasteiger partial charge on any atom is -0.0739 e. The molecule has 0 radical (unpaired) electrons. The molecule has 0 heterocycles. The summed E-state index contributed by atoms with van der Waals surface area (Å²) in [6.07, 6.45) is 20.7. The van der Waals surface area contributed by atoms with Gasteiger partial charge in [-0.1, -0.05) is 124 Å². The molecular formula is C24H47B. The van der Waals surface area contributed by atoms with Gasteiger partial charge in [-0.2, -0.15) is 0 Å². The van der Waals surface area contributed by atoms with Crippen LogP contribution in [0.5, 0.6) is 0 Å². The molecule has 146 valence electrons. The minimum absolute atomic E-state index is 0.656. The standard InChI is InChI=1S/C24H47B/c1-6-8-10-12-13-15-17-25(16-14-11-9-7-2)23-19-21-18-22(20(23)3)24(21,4)5/h20-23H,6-19H2,1-5H3/t20?,21-,22+,23?/m0/s1. The Kier molecular flexibility index (Phi) is 8.90. The SMILES string of the molecule is CCCCCCCCB(CCCCCC)C1C[C@@H]2C[C@H](C1C)C2(C)C. The Hall–Kier alpha value is 0.0649. The molecule has 0 aromatic carbocycles. The van der Waals surface area contributed by atoms with E-state index in [0.29, 0.717) is 5.41 Å². The smallest absolute Gasteiger partial charge is 0.0739 e. The molecule has 3 fully saturated rings. The number of unbranched alkanes of at least 4 members (excludes halogenated alkanes) is 8. The van der Waals surface area contributed by atoms with Gasteiger partial charge < -0.3 is 0 Å². The van der Waals surface area contributed by atoms with E-state index in [1.165, 1.54) is 76.8 Å². The van der Waals surface area contributed by atoms with Gasteiger partial charge >= 0.3 is 0 Å². The first-order valence-electron chi connectivity index (χ1n) is 12.0. The molecule has 3 saturated carbocycles. The second-order valence-electron chi connectivity index (χ2n) is 10.3. The van der Waals surface area contributed by atoms with Crippen molar-refractivity contribution >= 4 is 6.71 Å². The van der Waals surface area contributed by atoms with Crippen LogP contribution in [0.15, 0.2) is 0 Å². The second-order valence-corrected chi connectivity index (χ2v) is 10.3. The van der Waals surface area contributed by atoms with Crippen molar-refractivity contribution in [3.63, 3.8) is 0 Å². The van der Waals surface area contributed by atoms with Crippen LogP contribution in [0.25, 0.3) is 0 Å². The van der Waals surface area contributed by atoms with Gasteiger partial charge in [0.05, 0.1) is 0 Å². The third kappa shape index (κ3) is 5.52. The molecule has 0 nitrogen and oxygen atoms in total. The first-order chi connectivity index (χ1) is 12.0. The van der Waals surface area contributed by atoms with Crippen molar-refractivity contribution in [3.05, 3.63) is 0 Å². The van der Waals surface area contributed by atoms with Crippen molar-refractivity contribution in [2.24, 2.45) is 23.2 Å². The van der Waals surface area contributed by atoms with E-state index in [2.05, 4.69) is 34.6 Å². The number of fused-ring (bicyclic) bond motifs is 2. The van der Waals surface area contributed by atoms with Crippen molar-refractivity contribution in [2.75, 3.05) is 0 Å². The molecule has 2 unspecified atom stereocenters. The highest BCUT2D eigenvalue weighted by atomic mass is 14.6. The molecule has 4 atom stereocenters. The molecule has 0 amide bonds. The summed E-state index contributed by atoms with van der Waals surface area (Å²) in [6, 6.07) is 0. The summed E-state index contributed by atoms with van der Waals surface area (Å²) in [5.74, 6) is 4.10. The van der Waals surface area contributed by atoms with Gasteiger partial charge in [0.25, 0.3) is 0 Å². The van der Waals surface area contributed by atoms with Gasteiger partial charge in [-0.15, -0.1) is 0 Å². The molecular weight excluding hydrogens is 299 g/mol. The molecule has 25 heavy (non-hydrogen) atoms. The molecule has 0 saturated heterocycles. The Morgan fingerprint density at radius 2 is 1.28 bits per heavy atom. The summed E-state index contributed by atoms with van der Waals surface area (Å²) in [4.78, 5) is 0. The lowest BCUT2D eigenvalue weighted by molar-refractivity contribution is -0.0992. The van der Waals surface area contributed by atoms with Crippen LogP contribution in [-0.4, -0.2) is 6.71 Å². The predicted octanol–water partition coefficient (Wildman–Crippen LogP) is 8.49. The Labute approximate surface area is 160 Å². The maximum Gasteiger partial charge on any atom is 0.143 e. The lowest BCUT2D eigenvalue weighted by Crippen LogP contribution is -2.55. The third-order valence-corrected chi connectivity index (χ3v) is 8.38. The normalized spacial score (nSPS) is 30.1. The van der Waals surface area contributed by atoms with Gasteiger partial charge in [0.15, 0.2) is 0 Å². The van der Waals surface area contributed by atoms with Gasteiger partial charge in [-0.25, -0.2) is 0 Å². The topological polar surface area (TPSA) is 0 Å². The average Bonchev–Trinajstić information content (AvgIpc) is 2.59. The van der Waals surface area contributed by atoms with Crippen molar-refractivity contribution in [1.29, 1.82) is 0 Å². The lowest BCUT2D eigenvalue weighted by atomic mass is 9.27. The zero-order valence-electron chi connectivity index (χ0n) is 18.3. The molecule has 3 aliphatic carbocycles. The largest absolute Gasteiger partial charge is 0.143 e. The highest BCUT2D eigenvalue weighted by Crippen LogP contribution is 2.65. The van der Waals surface area contributed by atoms with Crippen LogP contribution in [0.4, 0.5) is 0 Å². The van der Waals surface area contributed by atoms with Gasteiger partial charge in [0.1, 0.15) is 6.71 Å². The van der Waals surface area contributed by atoms with E-state index in [1.54, 1.807) is 12.8 Å². The van der Waals surface area contributed by atoms with Crippen LogP contribution in [-0.2, 0) is 0 Å². The zero-order chi connectivity index (χ0) is 18.3. The average molecular weight is 346 g/mol. The number of hydrogen-bond acceptors (Lipinski definition) is 0.